The van der Waals surface area contributed by atoms with Gasteiger partial charge in [-0.1, -0.05) is 18.2 Å². The van der Waals surface area contributed by atoms with E-state index in [-0.39, 0.29) is 5.75 Å². The molecule has 0 bridgehead atoms. The van der Waals surface area contributed by atoms with Gasteiger partial charge < -0.3 is 0 Å². The van der Waals surface area contributed by atoms with Crippen LogP contribution < -0.4 is 0 Å². The van der Waals surface area contributed by atoms with Gasteiger partial charge in [0, 0.05) is 33.6 Å². The topological polar surface area (TPSA) is 55.7 Å². The van der Waals surface area contributed by atoms with Gasteiger partial charge in [0.2, 0.25) is 0 Å². The molecular formula is C11H10ClN3OS2. The van der Waals surface area contributed by atoms with Crippen LogP contribution in [-0.4, -0.2) is 24.9 Å². The zero-order valence-electron chi connectivity index (χ0n) is 9.38. The number of thiazole rings is 1. The Kier molecular flexibility index (Phi) is 4.57. The van der Waals surface area contributed by atoms with E-state index in [1.165, 1.54) is 11.3 Å². The van der Waals surface area contributed by atoms with Gasteiger partial charge in [-0.2, -0.15) is 0 Å². The Balaban J connectivity index is 2.07. The van der Waals surface area contributed by atoms with Crippen molar-refractivity contribution in [1.29, 1.82) is 0 Å². The molecule has 0 aliphatic carbocycles. The SMILES string of the molecule is C=C(Cl)CS(=O)Cc1csc(-c2ncccn2)n1. The number of aromatic nitrogens is 3. The van der Waals surface area contributed by atoms with Crippen LogP contribution in [0, 0.1) is 0 Å². The summed E-state index contributed by atoms with van der Waals surface area (Å²) in [7, 11) is -1.07. The minimum absolute atomic E-state index is 0.288. The predicted molar refractivity (Wildman–Crippen MR) is 74.8 cm³/mol. The Labute approximate surface area is 116 Å². The van der Waals surface area contributed by atoms with Crippen LogP contribution in [0.4, 0.5) is 0 Å². The van der Waals surface area contributed by atoms with Crippen molar-refractivity contribution in [2.75, 3.05) is 5.75 Å². The molecule has 0 aliphatic heterocycles. The molecule has 0 aromatic carbocycles. The molecule has 2 aromatic rings. The van der Waals surface area contributed by atoms with Crippen LogP contribution in [-0.2, 0) is 16.6 Å². The summed E-state index contributed by atoms with van der Waals surface area (Å²) in [6, 6.07) is 1.75. The van der Waals surface area contributed by atoms with E-state index >= 15 is 0 Å². The Morgan fingerprint density at radius 1 is 1.44 bits per heavy atom. The van der Waals surface area contributed by atoms with Gasteiger partial charge in [0.25, 0.3) is 0 Å². The standard InChI is InChI=1S/C11H10ClN3OS2/c1-8(12)6-18(16)7-9-5-17-11(15-9)10-13-3-2-4-14-10/h2-5H,1,6-7H2. The Morgan fingerprint density at radius 3 is 2.83 bits per heavy atom. The van der Waals surface area contributed by atoms with Crippen LogP contribution in [0.3, 0.4) is 0 Å². The second kappa shape index (κ2) is 6.17. The van der Waals surface area contributed by atoms with E-state index in [4.69, 9.17) is 11.6 Å². The van der Waals surface area contributed by atoms with E-state index in [0.29, 0.717) is 16.6 Å². The molecule has 0 amide bonds. The molecule has 0 spiro atoms. The van der Waals surface area contributed by atoms with Crippen LogP contribution in [0.25, 0.3) is 10.8 Å². The minimum atomic E-state index is -1.07. The zero-order valence-corrected chi connectivity index (χ0v) is 11.8. The monoisotopic (exact) mass is 299 g/mol. The second-order valence-corrected chi connectivity index (χ2v) is 6.31. The lowest BCUT2D eigenvalue weighted by Gasteiger charge is -1.97. The molecule has 0 aliphatic rings. The van der Waals surface area contributed by atoms with E-state index < -0.39 is 10.8 Å². The van der Waals surface area contributed by atoms with E-state index in [2.05, 4.69) is 21.5 Å². The zero-order chi connectivity index (χ0) is 13.0. The first-order chi connectivity index (χ1) is 8.65. The lowest BCUT2D eigenvalue weighted by molar-refractivity contribution is 0.684. The highest BCUT2D eigenvalue weighted by molar-refractivity contribution is 7.84. The number of hydrogen-bond acceptors (Lipinski definition) is 5. The van der Waals surface area contributed by atoms with Gasteiger partial charge in [0.1, 0.15) is 0 Å². The summed E-state index contributed by atoms with van der Waals surface area (Å²) in [4.78, 5) is 12.6. The van der Waals surface area contributed by atoms with Crippen molar-refractivity contribution in [3.8, 4) is 10.8 Å². The van der Waals surface area contributed by atoms with Crippen molar-refractivity contribution in [2.24, 2.45) is 0 Å². The average molecular weight is 300 g/mol. The van der Waals surface area contributed by atoms with Crippen molar-refractivity contribution in [1.82, 2.24) is 15.0 Å². The van der Waals surface area contributed by atoms with Crippen LogP contribution in [0.5, 0.6) is 0 Å². The number of rotatable bonds is 5. The summed E-state index contributed by atoms with van der Waals surface area (Å²) in [5.41, 5.74) is 0.763. The van der Waals surface area contributed by atoms with Crippen LogP contribution >= 0.6 is 22.9 Å². The van der Waals surface area contributed by atoms with Gasteiger partial charge in [0.15, 0.2) is 10.8 Å². The summed E-state index contributed by atoms with van der Waals surface area (Å²) in [5.74, 6) is 1.24. The van der Waals surface area contributed by atoms with Crippen molar-refractivity contribution in [3.05, 3.63) is 41.1 Å². The number of hydrogen-bond donors (Lipinski definition) is 0. The highest BCUT2D eigenvalue weighted by Crippen LogP contribution is 2.20. The number of nitrogens with zero attached hydrogens (tertiary/aromatic N) is 3. The maximum atomic E-state index is 11.7. The van der Waals surface area contributed by atoms with Crippen molar-refractivity contribution < 1.29 is 4.21 Å². The third kappa shape index (κ3) is 3.69. The molecule has 4 nitrogen and oxygen atoms in total. The summed E-state index contributed by atoms with van der Waals surface area (Å²) < 4.78 is 11.7. The van der Waals surface area contributed by atoms with Crippen molar-refractivity contribution in [2.45, 2.75) is 5.75 Å². The smallest absolute Gasteiger partial charge is 0.188 e. The van der Waals surface area contributed by atoms with Gasteiger partial charge >= 0.3 is 0 Å². The first kappa shape index (κ1) is 13.3. The highest BCUT2D eigenvalue weighted by atomic mass is 35.5. The van der Waals surface area contributed by atoms with E-state index in [1.54, 1.807) is 18.5 Å². The largest absolute Gasteiger partial charge is 0.259 e. The van der Waals surface area contributed by atoms with Gasteiger partial charge in [-0.05, 0) is 6.07 Å². The van der Waals surface area contributed by atoms with Crippen molar-refractivity contribution in [3.63, 3.8) is 0 Å². The van der Waals surface area contributed by atoms with E-state index in [1.807, 2.05) is 5.38 Å². The normalized spacial score (nSPS) is 12.3. The Bertz CT molecular complexity index is 571. The molecule has 2 heterocycles. The van der Waals surface area contributed by atoms with Gasteiger partial charge in [-0.15, -0.1) is 11.3 Å². The van der Waals surface area contributed by atoms with Crippen LogP contribution in [0.15, 0.2) is 35.5 Å². The quantitative estimate of drug-likeness (QED) is 0.851. The van der Waals surface area contributed by atoms with Gasteiger partial charge in [-0.25, -0.2) is 15.0 Å². The average Bonchev–Trinajstić information content (AvgIpc) is 2.77. The molecule has 2 rings (SSSR count). The molecule has 18 heavy (non-hydrogen) atoms. The molecule has 0 N–H and O–H groups in total. The summed E-state index contributed by atoms with van der Waals surface area (Å²) in [6.07, 6.45) is 3.33. The molecular weight excluding hydrogens is 290 g/mol. The van der Waals surface area contributed by atoms with E-state index in [9.17, 15) is 4.21 Å². The summed E-state index contributed by atoms with van der Waals surface area (Å²) in [5, 5.41) is 2.99. The van der Waals surface area contributed by atoms with Gasteiger partial charge in [-0.3, -0.25) is 4.21 Å². The Hall–Kier alpha value is -1.11. The fraction of sp³-hybridized carbons (Fsp3) is 0.182. The molecule has 7 heteroatoms. The fourth-order valence-corrected chi connectivity index (χ4v) is 3.44. The minimum Gasteiger partial charge on any atom is -0.259 e. The molecule has 1 atom stereocenters. The lowest BCUT2D eigenvalue weighted by Crippen LogP contribution is -2.01. The number of halogens is 1. The van der Waals surface area contributed by atoms with Crippen LogP contribution in [0.2, 0.25) is 0 Å². The van der Waals surface area contributed by atoms with Gasteiger partial charge in [0.05, 0.1) is 17.2 Å². The molecule has 1 unspecified atom stereocenters. The molecule has 0 fully saturated rings. The molecule has 0 saturated heterocycles. The third-order valence-corrected chi connectivity index (χ3v) is 4.40. The molecule has 0 saturated carbocycles. The molecule has 2 aromatic heterocycles. The maximum Gasteiger partial charge on any atom is 0.188 e. The first-order valence-electron chi connectivity index (χ1n) is 5.05. The molecule has 0 radical (unpaired) electrons. The third-order valence-electron chi connectivity index (χ3n) is 1.94. The predicted octanol–water partition coefficient (Wildman–Crippen LogP) is 2.60. The first-order valence-corrected chi connectivity index (χ1v) is 7.80. The van der Waals surface area contributed by atoms with E-state index in [0.717, 1.165) is 10.7 Å². The van der Waals surface area contributed by atoms with Crippen molar-refractivity contribution >= 4 is 33.7 Å². The fourth-order valence-electron chi connectivity index (χ4n) is 1.28. The van der Waals surface area contributed by atoms with Crippen LogP contribution in [0.1, 0.15) is 5.69 Å². The highest BCUT2D eigenvalue weighted by Gasteiger charge is 2.09. The maximum absolute atomic E-state index is 11.7. The summed E-state index contributed by atoms with van der Waals surface area (Å²) >= 11 is 7.05. The molecule has 94 valence electrons. The second-order valence-electron chi connectivity index (χ2n) is 3.46. The Morgan fingerprint density at radius 2 is 2.17 bits per heavy atom. The summed E-state index contributed by atoms with van der Waals surface area (Å²) in [6.45, 7) is 3.52. The lowest BCUT2D eigenvalue weighted by atomic mass is 10.5.